The number of sulfone groups is 1. The van der Waals surface area contributed by atoms with E-state index in [0.29, 0.717) is 5.56 Å². The van der Waals surface area contributed by atoms with Crippen molar-refractivity contribution in [2.24, 2.45) is 0 Å². The van der Waals surface area contributed by atoms with Crippen molar-refractivity contribution in [2.75, 3.05) is 5.73 Å². The zero-order chi connectivity index (χ0) is 26.5. The first-order valence-corrected chi connectivity index (χ1v) is 12.6. The van der Waals surface area contributed by atoms with Crippen molar-refractivity contribution in [1.82, 2.24) is 9.88 Å². The molecule has 1 aliphatic rings. The molecule has 0 fully saturated rings. The van der Waals surface area contributed by atoms with E-state index in [4.69, 9.17) is 5.73 Å². The van der Waals surface area contributed by atoms with Gasteiger partial charge in [0.05, 0.1) is 39.5 Å². The molecule has 10 nitrogen and oxygen atoms in total. The van der Waals surface area contributed by atoms with Crippen LogP contribution in [0, 0.1) is 0 Å². The number of amides is 2. The summed E-state index contributed by atoms with van der Waals surface area (Å²) in [6.45, 7) is -0.433. The molecule has 4 aromatic rings. The Hall–Kier alpha value is -4.77. The second-order valence-corrected chi connectivity index (χ2v) is 10.5. The first kappa shape index (κ1) is 23.9. The van der Waals surface area contributed by atoms with E-state index in [-0.39, 0.29) is 43.9 Å². The van der Waals surface area contributed by atoms with Gasteiger partial charge in [-0.15, -0.1) is 0 Å². The molecule has 0 spiro atoms. The third kappa shape index (κ3) is 4.15. The Bertz CT molecular complexity index is 1710. The number of phenols is 1. The van der Waals surface area contributed by atoms with Crippen LogP contribution in [0.1, 0.15) is 42.3 Å². The van der Waals surface area contributed by atoms with E-state index in [2.05, 4.69) is 4.98 Å². The molecule has 37 heavy (non-hydrogen) atoms. The Morgan fingerprint density at radius 1 is 0.946 bits per heavy atom. The average molecular weight is 518 g/mol. The Morgan fingerprint density at radius 3 is 2.24 bits per heavy atom. The van der Waals surface area contributed by atoms with Crippen molar-refractivity contribution in [3.63, 3.8) is 0 Å². The Labute approximate surface area is 210 Å². The highest BCUT2D eigenvalue weighted by Gasteiger charge is 2.36. The predicted molar refractivity (Wildman–Crippen MR) is 133 cm³/mol. The van der Waals surface area contributed by atoms with E-state index in [1.807, 2.05) is 0 Å². The molecule has 11 heteroatoms. The minimum absolute atomic E-state index is 0.0334. The standard InChI is InChI=1S/C26H19N3O7S/c27-20-8-9-21(37(35,36)13-14-4-3-5-16(30)10-14)19-11-15(22(26(33)34)28-23(19)20)12-29-24(31)17-6-1-2-7-18(17)25(29)32/h1-11,30H,12-13,27H2,(H,33,34). The quantitative estimate of drug-likeness (QED) is 0.257. The molecule has 2 heterocycles. The van der Waals surface area contributed by atoms with Crippen LogP contribution >= 0.6 is 0 Å². The van der Waals surface area contributed by atoms with Crippen LogP contribution in [-0.4, -0.2) is 46.3 Å². The Morgan fingerprint density at radius 2 is 1.62 bits per heavy atom. The van der Waals surface area contributed by atoms with Gasteiger partial charge < -0.3 is 15.9 Å². The van der Waals surface area contributed by atoms with Gasteiger partial charge >= 0.3 is 5.97 Å². The number of rotatable bonds is 6. The van der Waals surface area contributed by atoms with E-state index in [9.17, 15) is 33.0 Å². The van der Waals surface area contributed by atoms with Crippen LogP contribution in [-0.2, 0) is 22.1 Å². The summed E-state index contributed by atoms with van der Waals surface area (Å²) < 4.78 is 26.8. The molecule has 0 unspecified atom stereocenters. The van der Waals surface area contributed by atoms with E-state index in [1.54, 1.807) is 18.2 Å². The molecule has 1 aromatic heterocycles. The molecule has 0 radical (unpaired) electrons. The first-order valence-electron chi connectivity index (χ1n) is 11.0. The fourth-order valence-corrected chi connectivity index (χ4v) is 5.91. The number of nitrogens with zero attached hydrogens (tertiary/aromatic N) is 2. The second kappa shape index (κ2) is 8.71. The highest BCUT2D eigenvalue weighted by molar-refractivity contribution is 7.90. The number of nitrogen functional groups attached to an aromatic ring is 1. The van der Waals surface area contributed by atoms with Gasteiger partial charge in [0, 0.05) is 10.9 Å². The number of aromatic carboxylic acids is 1. The number of carbonyl (C=O) groups is 3. The third-order valence-electron chi connectivity index (χ3n) is 6.07. The molecule has 0 bridgehead atoms. The Kier molecular flexibility index (Phi) is 5.64. The number of carboxylic acids is 1. The summed E-state index contributed by atoms with van der Waals surface area (Å²) in [4.78, 5) is 42.7. The van der Waals surface area contributed by atoms with E-state index < -0.39 is 45.6 Å². The zero-order valence-corrected chi connectivity index (χ0v) is 19.9. The molecule has 0 saturated carbocycles. The molecule has 2 amide bonds. The lowest BCUT2D eigenvalue weighted by atomic mass is 10.1. The van der Waals surface area contributed by atoms with Gasteiger partial charge in [0.2, 0.25) is 0 Å². The number of fused-ring (bicyclic) bond motifs is 2. The summed E-state index contributed by atoms with van der Waals surface area (Å²) in [6, 6.07) is 15.9. The van der Waals surface area contributed by atoms with Crippen LogP contribution in [0.4, 0.5) is 5.69 Å². The van der Waals surface area contributed by atoms with Gasteiger partial charge in [-0.1, -0.05) is 24.3 Å². The number of phenolic OH excluding ortho intramolecular Hbond substituents is 1. The maximum absolute atomic E-state index is 13.4. The number of benzene rings is 3. The minimum Gasteiger partial charge on any atom is -0.508 e. The molecular formula is C26H19N3O7S. The van der Waals surface area contributed by atoms with Gasteiger partial charge in [0.25, 0.3) is 11.8 Å². The summed E-state index contributed by atoms with van der Waals surface area (Å²) >= 11 is 0. The van der Waals surface area contributed by atoms with Crippen LogP contribution in [0.2, 0.25) is 0 Å². The second-order valence-electron chi connectivity index (χ2n) is 8.52. The van der Waals surface area contributed by atoms with Crippen molar-refractivity contribution in [2.45, 2.75) is 17.2 Å². The number of pyridine rings is 1. The fourth-order valence-electron chi connectivity index (χ4n) is 4.37. The fraction of sp³-hybridized carbons (Fsp3) is 0.0769. The molecule has 5 rings (SSSR count). The summed E-state index contributed by atoms with van der Waals surface area (Å²) in [5.74, 6) is -3.16. The maximum atomic E-state index is 13.4. The normalized spacial score (nSPS) is 13.2. The van der Waals surface area contributed by atoms with Gasteiger partial charge in [-0.3, -0.25) is 14.5 Å². The predicted octanol–water partition coefficient (Wildman–Crippen LogP) is 2.99. The van der Waals surface area contributed by atoms with E-state index in [1.165, 1.54) is 48.5 Å². The van der Waals surface area contributed by atoms with Crippen LogP contribution in [0.3, 0.4) is 0 Å². The number of nitrogens with two attached hydrogens (primary N) is 1. The van der Waals surface area contributed by atoms with Gasteiger partial charge in [0.1, 0.15) is 5.75 Å². The number of carboxylic acid groups (broad SMARTS) is 1. The molecule has 0 aliphatic carbocycles. The van der Waals surface area contributed by atoms with Crippen LogP contribution < -0.4 is 5.73 Å². The van der Waals surface area contributed by atoms with Gasteiger partial charge in [-0.25, -0.2) is 18.2 Å². The lowest BCUT2D eigenvalue weighted by Crippen LogP contribution is -2.30. The highest BCUT2D eigenvalue weighted by atomic mass is 32.2. The number of aromatic hydroxyl groups is 1. The third-order valence-corrected chi connectivity index (χ3v) is 7.81. The average Bonchev–Trinajstić information content (AvgIpc) is 3.08. The van der Waals surface area contributed by atoms with Gasteiger partial charge in [0.15, 0.2) is 15.5 Å². The van der Waals surface area contributed by atoms with Crippen LogP contribution in [0.15, 0.2) is 71.6 Å². The van der Waals surface area contributed by atoms with Crippen molar-refractivity contribution >= 4 is 44.2 Å². The van der Waals surface area contributed by atoms with Gasteiger partial charge in [-0.05, 0) is 48.0 Å². The van der Waals surface area contributed by atoms with Crippen LogP contribution in [0.25, 0.3) is 10.9 Å². The smallest absolute Gasteiger partial charge is 0.354 e. The number of hydrogen-bond acceptors (Lipinski definition) is 8. The summed E-state index contributed by atoms with van der Waals surface area (Å²) in [7, 11) is -4.02. The van der Waals surface area contributed by atoms with Crippen molar-refractivity contribution < 1.29 is 33.0 Å². The van der Waals surface area contributed by atoms with Crippen LogP contribution in [0.5, 0.6) is 5.75 Å². The highest BCUT2D eigenvalue weighted by Crippen LogP contribution is 2.32. The number of carbonyl (C=O) groups excluding carboxylic acids is 2. The summed E-state index contributed by atoms with van der Waals surface area (Å²) in [5, 5.41) is 19.6. The zero-order valence-electron chi connectivity index (χ0n) is 19.1. The van der Waals surface area contributed by atoms with Crippen molar-refractivity contribution in [1.29, 1.82) is 0 Å². The molecular weight excluding hydrogens is 498 g/mol. The van der Waals surface area contributed by atoms with E-state index >= 15 is 0 Å². The maximum Gasteiger partial charge on any atom is 0.354 e. The largest absolute Gasteiger partial charge is 0.508 e. The number of imide groups is 1. The molecule has 0 atom stereocenters. The lowest BCUT2D eigenvalue weighted by molar-refractivity contribution is 0.0626. The summed E-state index contributed by atoms with van der Waals surface area (Å²) in [6.07, 6.45) is 0. The molecule has 0 saturated heterocycles. The van der Waals surface area contributed by atoms with Crippen molar-refractivity contribution in [3.05, 3.63) is 94.7 Å². The molecule has 186 valence electrons. The molecule has 4 N–H and O–H groups in total. The lowest BCUT2D eigenvalue weighted by Gasteiger charge is -2.17. The molecule has 1 aliphatic heterocycles. The minimum atomic E-state index is -4.02. The Balaban J connectivity index is 1.64. The number of hydrogen-bond donors (Lipinski definition) is 3. The monoisotopic (exact) mass is 517 g/mol. The summed E-state index contributed by atoms with van der Waals surface area (Å²) in [5.41, 5.74) is 6.27. The van der Waals surface area contributed by atoms with Gasteiger partial charge in [-0.2, -0.15) is 0 Å². The van der Waals surface area contributed by atoms with E-state index in [0.717, 1.165) is 4.90 Å². The molecule has 3 aromatic carbocycles. The SMILES string of the molecule is Nc1ccc(S(=O)(=O)Cc2cccc(O)c2)c2cc(CN3C(=O)c4ccccc4C3=O)c(C(=O)O)nc12. The number of anilines is 1. The topological polar surface area (TPSA) is 168 Å². The van der Waals surface area contributed by atoms with Crippen molar-refractivity contribution in [3.8, 4) is 5.75 Å². The number of aromatic nitrogens is 1. The first-order chi connectivity index (χ1) is 17.6.